The molecule has 0 saturated carbocycles. The number of ether oxygens (including phenoxy) is 1. The van der Waals surface area contributed by atoms with E-state index >= 15 is 0 Å². The summed E-state index contributed by atoms with van der Waals surface area (Å²) in [5.41, 5.74) is 2.12. The van der Waals surface area contributed by atoms with Crippen LogP contribution in [0.4, 0.5) is 0 Å². The van der Waals surface area contributed by atoms with Crippen LogP contribution in [0.15, 0.2) is 42.6 Å². The normalized spacial score (nSPS) is 10.1. The van der Waals surface area contributed by atoms with Gasteiger partial charge in [0.1, 0.15) is 5.75 Å². The third-order valence-corrected chi connectivity index (χ3v) is 2.59. The van der Waals surface area contributed by atoms with Crippen molar-refractivity contribution in [2.24, 2.45) is 0 Å². The number of hydrogen-bond donors (Lipinski definition) is 0. The molecule has 82 valence electrons. The maximum absolute atomic E-state index is 5.76. The Hall–Kier alpha value is -1.54. The van der Waals surface area contributed by atoms with Gasteiger partial charge in [-0.1, -0.05) is 18.2 Å². The predicted octanol–water partition coefficient (Wildman–Crippen LogP) is 3.92. The first kappa shape index (κ1) is 11.0. The molecule has 2 rings (SSSR count). The Kier molecular flexibility index (Phi) is 3.42. The standard InChI is InChI=1S/C13H12ClNO/c1-10-7-13(15-9-11(10)8-14)16-12-5-3-2-4-6-12/h2-7,9H,8H2,1H3. The predicted molar refractivity (Wildman–Crippen MR) is 65.0 cm³/mol. The maximum atomic E-state index is 5.76. The van der Waals surface area contributed by atoms with E-state index in [2.05, 4.69) is 4.98 Å². The number of nitrogens with zero attached hydrogens (tertiary/aromatic N) is 1. The third kappa shape index (κ3) is 2.52. The van der Waals surface area contributed by atoms with Crippen molar-refractivity contribution in [2.75, 3.05) is 0 Å². The van der Waals surface area contributed by atoms with Crippen molar-refractivity contribution in [1.29, 1.82) is 0 Å². The molecule has 0 saturated heterocycles. The lowest BCUT2D eigenvalue weighted by molar-refractivity contribution is 0.462. The molecule has 1 aromatic carbocycles. The smallest absolute Gasteiger partial charge is 0.219 e. The molecule has 1 heterocycles. The molecule has 0 unspecified atom stereocenters. The summed E-state index contributed by atoms with van der Waals surface area (Å²) < 4.78 is 5.60. The summed E-state index contributed by atoms with van der Waals surface area (Å²) in [6.45, 7) is 2.00. The SMILES string of the molecule is Cc1cc(Oc2ccccc2)ncc1CCl. The first-order chi connectivity index (χ1) is 7.79. The van der Waals surface area contributed by atoms with Crippen LogP contribution in [0.25, 0.3) is 0 Å². The number of hydrogen-bond acceptors (Lipinski definition) is 2. The highest BCUT2D eigenvalue weighted by molar-refractivity contribution is 6.17. The van der Waals surface area contributed by atoms with E-state index in [1.54, 1.807) is 6.20 Å². The van der Waals surface area contributed by atoms with Gasteiger partial charge in [-0.2, -0.15) is 0 Å². The highest BCUT2D eigenvalue weighted by Crippen LogP contribution is 2.21. The van der Waals surface area contributed by atoms with Gasteiger partial charge in [-0.05, 0) is 30.2 Å². The fourth-order valence-electron chi connectivity index (χ4n) is 1.36. The van der Waals surface area contributed by atoms with Gasteiger partial charge in [-0.3, -0.25) is 0 Å². The van der Waals surface area contributed by atoms with E-state index in [-0.39, 0.29) is 0 Å². The largest absolute Gasteiger partial charge is 0.439 e. The second-order valence-corrected chi connectivity index (χ2v) is 3.77. The molecule has 2 nitrogen and oxygen atoms in total. The Morgan fingerprint density at radius 2 is 2.00 bits per heavy atom. The van der Waals surface area contributed by atoms with Gasteiger partial charge < -0.3 is 4.74 Å². The van der Waals surface area contributed by atoms with E-state index < -0.39 is 0 Å². The lowest BCUT2D eigenvalue weighted by Crippen LogP contribution is -1.92. The highest BCUT2D eigenvalue weighted by Gasteiger charge is 2.02. The van der Waals surface area contributed by atoms with E-state index in [1.807, 2.05) is 43.3 Å². The van der Waals surface area contributed by atoms with Crippen LogP contribution in [0.5, 0.6) is 11.6 Å². The Balaban J connectivity index is 2.20. The zero-order chi connectivity index (χ0) is 11.4. The summed E-state index contributed by atoms with van der Waals surface area (Å²) in [5, 5.41) is 0. The lowest BCUT2D eigenvalue weighted by Gasteiger charge is -2.06. The van der Waals surface area contributed by atoms with Gasteiger partial charge in [0.15, 0.2) is 0 Å². The molecule has 2 aromatic rings. The van der Waals surface area contributed by atoms with Gasteiger partial charge in [-0.25, -0.2) is 4.98 Å². The number of benzene rings is 1. The van der Waals surface area contributed by atoms with Crippen molar-refractivity contribution in [3.63, 3.8) is 0 Å². The number of aromatic nitrogens is 1. The van der Waals surface area contributed by atoms with Crippen LogP contribution in [0.2, 0.25) is 0 Å². The first-order valence-electron chi connectivity index (χ1n) is 5.04. The number of alkyl halides is 1. The van der Waals surface area contributed by atoms with Gasteiger partial charge in [0.05, 0.1) is 0 Å². The molecule has 0 radical (unpaired) electrons. The van der Waals surface area contributed by atoms with Crippen molar-refractivity contribution in [1.82, 2.24) is 4.98 Å². The summed E-state index contributed by atoms with van der Waals surface area (Å²) in [4.78, 5) is 4.20. The second-order valence-electron chi connectivity index (χ2n) is 3.50. The topological polar surface area (TPSA) is 22.1 Å². The van der Waals surface area contributed by atoms with Crippen LogP contribution in [0.3, 0.4) is 0 Å². The molecule has 0 bridgehead atoms. The molecule has 0 aliphatic rings. The zero-order valence-corrected chi connectivity index (χ0v) is 9.74. The summed E-state index contributed by atoms with van der Waals surface area (Å²) >= 11 is 5.76. The fourth-order valence-corrected chi connectivity index (χ4v) is 1.64. The van der Waals surface area contributed by atoms with Crippen molar-refractivity contribution < 1.29 is 4.74 Å². The van der Waals surface area contributed by atoms with Gasteiger partial charge >= 0.3 is 0 Å². The Morgan fingerprint density at radius 3 is 2.62 bits per heavy atom. The first-order valence-corrected chi connectivity index (χ1v) is 5.57. The van der Waals surface area contributed by atoms with Crippen LogP contribution in [0, 0.1) is 6.92 Å². The minimum Gasteiger partial charge on any atom is -0.439 e. The summed E-state index contributed by atoms with van der Waals surface area (Å²) in [6.07, 6.45) is 1.75. The number of rotatable bonds is 3. The minimum absolute atomic E-state index is 0.477. The van der Waals surface area contributed by atoms with Gasteiger partial charge in [-0.15, -0.1) is 11.6 Å². The minimum atomic E-state index is 0.477. The van der Waals surface area contributed by atoms with E-state index in [9.17, 15) is 0 Å². The number of halogens is 1. The van der Waals surface area contributed by atoms with Gasteiger partial charge in [0.2, 0.25) is 5.88 Å². The third-order valence-electron chi connectivity index (χ3n) is 2.30. The number of aryl methyl sites for hydroxylation is 1. The molecule has 0 aliphatic heterocycles. The number of pyridine rings is 1. The molecule has 16 heavy (non-hydrogen) atoms. The Labute approximate surface area is 99.9 Å². The molecule has 0 amide bonds. The van der Waals surface area contributed by atoms with Crippen LogP contribution < -0.4 is 4.74 Å². The number of para-hydroxylation sites is 1. The van der Waals surface area contributed by atoms with E-state index in [0.717, 1.165) is 16.9 Å². The van der Waals surface area contributed by atoms with Crippen molar-refractivity contribution in [3.05, 3.63) is 53.7 Å². The molecule has 1 aromatic heterocycles. The van der Waals surface area contributed by atoms with E-state index in [4.69, 9.17) is 16.3 Å². The van der Waals surface area contributed by atoms with Gasteiger partial charge in [0, 0.05) is 18.1 Å². The monoisotopic (exact) mass is 233 g/mol. The van der Waals surface area contributed by atoms with Crippen LogP contribution in [0.1, 0.15) is 11.1 Å². The molecule has 0 fully saturated rings. The lowest BCUT2D eigenvalue weighted by atomic mass is 10.2. The van der Waals surface area contributed by atoms with E-state index in [0.29, 0.717) is 11.8 Å². The van der Waals surface area contributed by atoms with Crippen molar-refractivity contribution in [2.45, 2.75) is 12.8 Å². The fraction of sp³-hybridized carbons (Fsp3) is 0.154. The summed E-state index contributed by atoms with van der Waals surface area (Å²) in [6, 6.07) is 11.5. The quantitative estimate of drug-likeness (QED) is 0.750. The van der Waals surface area contributed by atoms with Gasteiger partial charge in [0.25, 0.3) is 0 Å². The molecule has 0 atom stereocenters. The van der Waals surface area contributed by atoms with Crippen LogP contribution >= 0.6 is 11.6 Å². The average Bonchev–Trinajstić information content (AvgIpc) is 2.31. The molecule has 3 heteroatoms. The Morgan fingerprint density at radius 1 is 1.25 bits per heavy atom. The van der Waals surface area contributed by atoms with Crippen LogP contribution in [-0.4, -0.2) is 4.98 Å². The van der Waals surface area contributed by atoms with E-state index in [1.165, 1.54) is 0 Å². The molecule has 0 spiro atoms. The maximum Gasteiger partial charge on any atom is 0.219 e. The second kappa shape index (κ2) is 4.99. The molecule has 0 N–H and O–H groups in total. The summed E-state index contributed by atoms with van der Waals surface area (Å²) in [7, 11) is 0. The van der Waals surface area contributed by atoms with Crippen molar-refractivity contribution >= 4 is 11.6 Å². The average molecular weight is 234 g/mol. The molecular weight excluding hydrogens is 222 g/mol. The highest BCUT2D eigenvalue weighted by atomic mass is 35.5. The molecule has 0 aliphatic carbocycles. The zero-order valence-electron chi connectivity index (χ0n) is 8.98. The summed E-state index contributed by atoms with van der Waals surface area (Å²) in [5.74, 6) is 1.86. The van der Waals surface area contributed by atoms with Crippen LogP contribution in [-0.2, 0) is 5.88 Å². The molecular formula is C13H12ClNO. The van der Waals surface area contributed by atoms with Crippen molar-refractivity contribution in [3.8, 4) is 11.6 Å². The Bertz CT molecular complexity index is 471.